The molecule has 1 atom stereocenters. The molecule has 0 aliphatic rings. The number of nitrogens with one attached hydrogen (secondary N) is 2. The van der Waals surface area contributed by atoms with Crippen LogP contribution in [0.25, 0.3) is 0 Å². The molecular formula is C15H17N3O2. The quantitative estimate of drug-likeness (QED) is 0.803. The molecule has 0 fully saturated rings. The standard InChI is InChI=1S/C15H17N3O2/c1-10-6-14(9-16-8-10)18-15(20)17-13-5-3-4-12(7-13)11(2)19/h3-9,11,19H,1-2H3,(H2,17,18,20). The van der Waals surface area contributed by atoms with Gasteiger partial charge in [-0.3, -0.25) is 4.98 Å². The van der Waals surface area contributed by atoms with Crippen molar-refractivity contribution in [3.05, 3.63) is 53.9 Å². The largest absolute Gasteiger partial charge is 0.389 e. The fourth-order valence-corrected chi connectivity index (χ4v) is 1.79. The zero-order valence-electron chi connectivity index (χ0n) is 11.4. The first-order valence-corrected chi connectivity index (χ1v) is 6.32. The zero-order chi connectivity index (χ0) is 14.5. The summed E-state index contributed by atoms with van der Waals surface area (Å²) in [6.45, 7) is 3.58. The number of pyridine rings is 1. The first-order chi connectivity index (χ1) is 9.54. The van der Waals surface area contributed by atoms with Gasteiger partial charge in [-0.1, -0.05) is 12.1 Å². The van der Waals surface area contributed by atoms with Crippen LogP contribution >= 0.6 is 0 Å². The third kappa shape index (κ3) is 3.80. The second-order valence-corrected chi connectivity index (χ2v) is 4.63. The van der Waals surface area contributed by atoms with Crippen molar-refractivity contribution in [3.63, 3.8) is 0 Å². The van der Waals surface area contributed by atoms with Gasteiger partial charge in [0, 0.05) is 11.9 Å². The van der Waals surface area contributed by atoms with Crippen LogP contribution in [0.2, 0.25) is 0 Å². The first kappa shape index (κ1) is 14.0. The van der Waals surface area contributed by atoms with Gasteiger partial charge < -0.3 is 15.7 Å². The van der Waals surface area contributed by atoms with Gasteiger partial charge in [-0.25, -0.2) is 4.79 Å². The number of carbonyl (C=O) groups excluding carboxylic acids is 1. The first-order valence-electron chi connectivity index (χ1n) is 6.32. The van der Waals surface area contributed by atoms with E-state index in [2.05, 4.69) is 15.6 Å². The number of anilines is 2. The van der Waals surface area contributed by atoms with Crippen LogP contribution in [0, 0.1) is 6.92 Å². The Kier molecular flexibility index (Phi) is 4.32. The summed E-state index contributed by atoms with van der Waals surface area (Å²) in [6.07, 6.45) is 2.73. The van der Waals surface area contributed by atoms with E-state index >= 15 is 0 Å². The van der Waals surface area contributed by atoms with E-state index in [9.17, 15) is 9.90 Å². The number of aryl methyl sites for hydroxylation is 1. The van der Waals surface area contributed by atoms with Crippen LogP contribution in [0.4, 0.5) is 16.2 Å². The van der Waals surface area contributed by atoms with Gasteiger partial charge in [0.25, 0.3) is 0 Å². The van der Waals surface area contributed by atoms with Gasteiger partial charge in [0.15, 0.2) is 0 Å². The Morgan fingerprint density at radius 3 is 2.65 bits per heavy atom. The maximum absolute atomic E-state index is 11.9. The number of urea groups is 1. The molecule has 104 valence electrons. The van der Waals surface area contributed by atoms with E-state index in [1.54, 1.807) is 43.6 Å². The highest BCUT2D eigenvalue weighted by molar-refractivity contribution is 5.99. The predicted octanol–water partition coefficient (Wildman–Crippen LogP) is 3.09. The maximum atomic E-state index is 11.9. The number of aliphatic hydroxyl groups excluding tert-OH is 1. The van der Waals surface area contributed by atoms with E-state index in [0.29, 0.717) is 11.4 Å². The highest BCUT2D eigenvalue weighted by Crippen LogP contribution is 2.17. The lowest BCUT2D eigenvalue weighted by Gasteiger charge is -2.10. The Balaban J connectivity index is 2.03. The number of aromatic nitrogens is 1. The van der Waals surface area contributed by atoms with E-state index in [1.165, 1.54) is 0 Å². The Labute approximate surface area is 117 Å². The molecule has 1 aromatic heterocycles. The number of rotatable bonds is 3. The predicted molar refractivity (Wildman–Crippen MR) is 78.7 cm³/mol. The molecule has 0 saturated heterocycles. The molecule has 2 rings (SSSR count). The molecule has 0 spiro atoms. The maximum Gasteiger partial charge on any atom is 0.323 e. The normalized spacial score (nSPS) is 11.8. The molecule has 0 aliphatic carbocycles. The summed E-state index contributed by atoms with van der Waals surface area (Å²) in [5.74, 6) is 0. The second-order valence-electron chi connectivity index (χ2n) is 4.63. The Morgan fingerprint density at radius 1 is 1.20 bits per heavy atom. The van der Waals surface area contributed by atoms with Crippen LogP contribution in [0.1, 0.15) is 24.2 Å². The summed E-state index contributed by atoms with van der Waals surface area (Å²) in [6, 6.07) is 8.57. The van der Waals surface area contributed by atoms with Gasteiger partial charge in [-0.15, -0.1) is 0 Å². The van der Waals surface area contributed by atoms with Crippen molar-refractivity contribution < 1.29 is 9.90 Å². The van der Waals surface area contributed by atoms with Crippen molar-refractivity contribution in [1.29, 1.82) is 0 Å². The summed E-state index contributed by atoms with van der Waals surface area (Å²) in [4.78, 5) is 15.9. The average Bonchev–Trinajstić information content (AvgIpc) is 2.38. The molecule has 2 amide bonds. The smallest absolute Gasteiger partial charge is 0.323 e. The molecule has 1 heterocycles. The molecule has 2 aromatic rings. The molecule has 5 heteroatoms. The van der Waals surface area contributed by atoms with Gasteiger partial charge in [0.2, 0.25) is 0 Å². The van der Waals surface area contributed by atoms with Crippen molar-refractivity contribution >= 4 is 17.4 Å². The van der Waals surface area contributed by atoms with Gasteiger partial charge in [0.1, 0.15) is 0 Å². The number of benzene rings is 1. The summed E-state index contributed by atoms with van der Waals surface area (Å²) >= 11 is 0. The molecule has 0 radical (unpaired) electrons. The molecule has 5 nitrogen and oxygen atoms in total. The van der Waals surface area contributed by atoms with Crippen molar-refractivity contribution in [3.8, 4) is 0 Å². The fourth-order valence-electron chi connectivity index (χ4n) is 1.79. The summed E-state index contributed by atoms with van der Waals surface area (Å²) in [5.41, 5.74) is 2.98. The van der Waals surface area contributed by atoms with Crippen LogP contribution in [0.15, 0.2) is 42.7 Å². The molecule has 1 aromatic carbocycles. The molecular weight excluding hydrogens is 254 g/mol. The highest BCUT2D eigenvalue weighted by atomic mass is 16.3. The number of aliphatic hydroxyl groups is 1. The number of carbonyl (C=O) groups is 1. The van der Waals surface area contributed by atoms with Crippen LogP contribution in [-0.4, -0.2) is 16.1 Å². The van der Waals surface area contributed by atoms with E-state index in [0.717, 1.165) is 11.1 Å². The van der Waals surface area contributed by atoms with Crippen molar-refractivity contribution in [2.24, 2.45) is 0 Å². The van der Waals surface area contributed by atoms with Crippen LogP contribution < -0.4 is 10.6 Å². The number of amides is 2. The van der Waals surface area contributed by atoms with Gasteiger partial charge in [-0.2, -0.15) is 0 Å². The lowest BCUT2D eigenvalue weighted by Crippen LogP contribution is -2.19. The minimum absolute atomic E-state index is 0.347. The van der Waals surface area contributed by atoms with E-state index in [-0.39, 0.29) is 6.03 Å². The number of nitrogens with zero attached hydrogens (tertiary/aromatic N) is 1. The molecule has 0 bridgehead atoms. The molecule has 20 heavy (non-hydrogen) atoms. The molecule has 1 unspecified atom stereocenters. The number of hydrogen-bond acceptors (Lipinski definition) is 3. The van der Waals surface area contributed by atoms with Gasteiger partial charge in [-0.05, 0) is 43.2 Å². The molecule has 3 N–H and O–H groups in total. The fraction of sp³-hybridized carbons (Fsp3) is 0.200. The molecule has 0 aliphatic heterocycles. The Bertz CT molecular complexity index is 612. The van der Waals surface area contributed by atoms with Crippen molar-refractivity contribution in [2.45, 2.75) is 20.0 Å². The summed E-state index contributed by atoms with van der Waals surface area (Å²) < 4.78 is 0. The lowest BCUT2D eigenvalue weighted by atomic mass is 10.1. The minimum atomic E-state index is -0.569. The molecule has 0 saturated carbocycles. The summed E-state index contributed by atoms with van der Waals surface area (Å²) in [5, 5.41) is 14.9. The van der Waals surface area contributed by atoms with Crippen LogP contribution in [-0.2, 0) is 0 Å². The Morgan fingerprint density at radius 2 is 1.95 bits per heavy atom. The van der Waals surface area contributed by atoms with Crippen LogP contribution in [0.5, 0.6) is 0 Å². The minimum Gasteiger partial charge on any atom is -0.389 e. The highest BCUT2D eigenvalue weighted by Gasteiger charge is 2.05. The van der Waals surface area contributed by atoms with E-state index < -0.39 is 6.10 Å². The van der Waals surface area contributed by atoms with Crippen molar-refractivity contribution in [2.75, 3.05) is 10.6 Å². The topological polar surface area (TPSA) is 74.2 Å². The van der Waals surface area contributed by atoms with Gasteiger partial charge >= 0.3 is 6.03 Å². The third-order valence-corrected chi connectivity index (χ3v) is 2.76. The SMILES string of the molecule is Cc1cncc(NC(=O)Nc2cccc(C(C)O)c2)c1. The summed E-state index contributed by atoms with van der Waals surface area (Å²) in [7, 11) is 0. The van der Waals surface area contributed by atoms with Crippen LogP contribution in [0.3, 0.4) is 0 Å². The average molecular weight is 271 g/mol. The van der Waals surface area contributed by atoms with E-state index in [1.807, 2.05) is 13.0 Å². The zero-order valence-corrected chi connectivity index (χ0v) is 11.4. The third-order valence-electron chi connectivity index (χ3n) is 2.76. The van der Waals surface area contributed by atoms with Gasteiger partial charge in [0.05, 0.1) is 18.0 Å². The monoisotopic (exact) mass is 271 g/mol. The second kappa shape index (κ2) is 6.16. The number of hydrogen-bond donors (Lipinski definition) is 3. The van der Waals surface area contributed by atoms with E-state index in [4.69, 9.17) is 0 Å². The Hall–Kier alpha value is -2.40. The lowest BCUT2D eigenvalue weighted by molar-refractivity contribution is 0.199. The van der Waals surface area contributed by atoms with Crippen molar-refractivity contribution in [1.82, 2.24) is 4.98 Å².